The first-order valence-corrected chi connectivity index (χ1v) is 16.7. The van der Waals surface area contributed by atoms with Crippen molar-refractivity contribution in [1.82, 2.24) is 20.9 Å². The molecule has 45 heavy (non-hydrogen) atoms. The van der Waals surface area contributed by atoms with Gasteiger partial charge >= 0.3 is 12.0 Å². The quantitative estimate of drug-likeness (QED) is 0.178. The molecule has 3 fully saturated rings. The summed E-state index contributed by atoms with van der Waals surface area (Å²) in [6.07, 6.45) is 7.23. The number of amides is 5. The number of primary amides is 1. The highest BCUT2D eigenvalue weighted by molar-refractivity contribution is 6.37. The summed E-state index contributed by atoms with van der Waals surface area (Å²) < 4.78 is 5.66. The number of esters is 1. The van der Waals surface area contributed by atoms with Gasteiger partial charge in [0.2, 0.25) is 17.6 Å². The van der Waals surface area contributed by atoms with Gasteiger partial charge in [-0.25, -0.2) is 9.59 Å². The molecule has 0 radical (unpaired) electrons. The topological polar surface area (TPSA) is 177 Å². The summed E-state index contributed by atoms with van der Waals surface area (Å²) in [6, 6.07) is -4.56. The molecule has 5 amide bonds. The summed E-state index contributed by atoms with van der Waals surface area (Å²) in [5, 5.41) is 8.29. The number of carbonyl (C=O) groups is 6. The number of likely N-dealkylation sites (tertiary alicyclic amines) is 1. The second-order valence-electron chi connectivity index (χ2n) is 15.0. The number of rotatable bonds is 13. The van der Waals surface area contributed by atoms with Crippen molar-refractivity contribution in [3.8, 4) is 0 Å². The van der Waals surface area contributed by atoms with Gasteiger partial charge in [0, 0.05) is 6.54 Å². The SMILES string of the molecule is CC(C)C1CCN(C(=O)[C@@H](NC(=O)N[C@H](C(=O)OC2CCCC2)C(C)C)C(C)(C)C)[C@@H]1C(=O)NC(CC1CCC1)C(=O)C(N)=O. The van der Waals surface area contributed by atoms with Gasteiger partial charge in [-0.15, -0.1) is 0 Å². The van der Waals surface area contributed by atoms with E-state index >= 15 is 0 Å². The number of nitrogens with one attached hydrogen (secondary N) is 3. The molecule has 1 aliphatic heterocycles. The zero-order valence-electron chi connectivity index (χ0n) is 28.1. The van der Waals surface area contributed by atoms with Crippen molar-refractivity contribution in [2.75, 3.05) is 6.54 Å². The van der Waals surface area contributed by atoms with Crippen molar-refractivity contribution in [3.63, 3.8) is 0 Å². The Morgan fingerprint density at radius 3 is 1.98 bits per heavy atom. The van der Waals surface area contributed by atoms with E-state index in [4.69, 9.17) is 10.5 Å². The first-order valence-electron chi connectivity index (χ1n) is 16.7. The molecule has 12 nitrogen and oxygen atoms in total. The summed E-state index contributed by atoms with van der Waals surface area (Å²) in [5.74, 6) is -3.58. The number of Topliss-reactive ketones (excluding diaryl/α,β-unsaturated/α-hetero) is 1. The van der Waals surface area contributed by atoms with Gasteiger partial charge < -0.3 is 31.3 Å². The van der Waals surface area contributed by atoms with Gasteiger partial charge in [-0.05, 0) is 67.6 Å². The Balaban J connectivity index is 1.79. The Morgan fingerprint density at radius 1 is 0.867 bits per heavy atom. The average Bonchev–Trinajstić information content (AvgIpc) is 3.60. The van der Waals surface area contributed by atoms with Gasteiger partial charge in [0.25, 0.3) is 5.91 Å². The fourth-order valence-corrected chi connectivity index (χ4v) is 6.69. The lowest BCUT2D eigenvalue weighted by atomic mass is 9.80. The van der Waals surface area contributed by atoms with Crippen LogP contribution in [0.1, 0.15) is 106 Å². The molecule has 1 heterocycles. The van der Waals surface area contributed by atoms with Gasteiger partial charge in [-0.2, -0.15) is 0 Å². The molecule has 5 atom stereocenters. The second kappa shape index (κ2) is 15.4. The van der Waals surface area contributed by atoms with Crippen LogP contribution in [0.15, 0.2) is 0 Å². The number of nitrogens with two attached hydrogens (primary N) is 1. The van der Waals surface area contributed by atoms with Gasteiger partial charge in [0.1, 0.15) is 24.2 Å². The van der Waals surface area contributed by atoms with Crippen LogP contribution in [-0.4, -0.2) is 77.2 Å². The number of nitrogens with zero attached hydrogens (tertiary/aromatic N) is 1. The van der Waals surface area contributed by atoms with Crippen LogP contribution in [0.5, 0.6) is 0 Å². The average molecular weight is 634 g/mol. The number of hydrogen-bond donors (Lipinski definition) is 4. The second-order valence-corrected chi connectivity index (χ2v) is 15.0. The minimum Gasteiger partial charge on any atom is -0.461 e. The molecular weight excluding hydrogens is 578 g/mol. The number of ether oxygens (including phenoxy) is 1. The van der Waals surface area contributed by atoms with Crippen molar-refractivity contribution in [3.05, 3.63) is 0 Å². The zero-order chi connectivity index (χ0) is 33.6. The van der Waals surface area contributed by atoms with Gasteiger partial charge in [0.15, 0.2) is 0 Å². The summed E-state index contributed by atoms with van der Waals surface area (Å²) in [6.45, 7) is 13.3. The van der Waals surface area contributed by atoms with E-state index in [0.29, 0.717) is 12.8 Å². The fraction of sp³-hybridized carbons (Fsp3) is 0.818. The molecule has 1 saturated heterocycles. The number of urea groups is 1. The summed E-state index contributed by atoms with van der Waals surface area (Å²) in [7, 11) is 0. The molecule has 0 aromatic carbocycles. The number of carbonyl (C=O) groups excluding carboxylic acids is 6. The lowest BCUT2D eigenvalue weighted by Crippen LogP contribution is -2.62. The van der Waals surface area contributed by atoms with E-state index in [2.05, 4.69) is 16.0 Å². The van der Waals surface area contributed by atoms with Gasteiger partial charge in [-0.3, -0.25) is 19.2 Å². The predicted molar refractivity (Wildman–Crippen MR) is 168 cm³/mol. The maximum absolute atomic E-state index is 14.2. The fourth-order valence-electron chi connectivity index (χ4n) is 6.69. The first kappa shape index (κ1) is 36.3. The lowest BCUT2D eigenvalue weighted by Gasteiger charge is -2.37. The van der Waals surface area contributed by atoms with Crippen molar-refractivity contribution in [1.29, 1.82) is 0 Å². The molecular formula is C33H55N5O7. The number of ketones is 1. The van der Waals surface area contributed by atoms with E-state index in [9.17, 15) is 28.8 Å². The highest BCUT2D eigenvalue weighted by Crippen LogP contribution is 2.34. The predicted octanol–water partition coefficient (Wildman–Crippen LogP) is 2.81. The molecule has 254 valence electrons. The summed E-state index contributed by atoms with van der Waals surface area (Å²) >= 11 is 0. The van der Waals surface area contributed by atoms with Crippen molar-refractivity contribution in [2.45, 2.75) is 137 Å². The monoisotopic (exact) mass is 633 g/mol. The van der Waals surface area contributed by atoms with Crippen LogP contribution in [0, 0.1) is 29.1 Å². The Kier molecular flexibility index (Phi) is 12.4. The highest BCUT2D eigenvalue weighted by atomic mass is 16.5. The molecule has 0 aromatic rings. The number of hydrogen-bond acceptors (Lipinski definition) is 7. The molecule has 0 spiro atoms. The molecule has 0 bridgehead atoms. The Bertz CT molecular complexity index is 1110. The third-order valence-electron chi connectivity index (χ3n) is 9.70. The molecule has 3 aliphatic rings. The van der Waals surface area contributed by atoms with Crippen LogP contribution in [0.2, 0.25) is 0 Å². The van der Waals surface area contributed by atoms with Crippen molar-refractivity contribution < 1.29 is 33.5 Å². The van der Waals surface area contributed by atoms with E-state index in [1.807, 2.05) is 48.5 Å². The van der Waals surface area contributed by atoms with E-state index in [1.165, 1.54) is 4.90 Å². The van der Waals surface area contributed by atoms with Crippen LogP contribution in [0.25, 0.3) is 0 Å². The Labute approximate surface area is 267 Å². The third-order valence-corrected chi connectivity index (χ3v) is 9.70. The molecule has 2 unspecified atom stereocenters. The van der Waals surface area contributed by atoms with E-state index in [-0.39, 0.29) is 36.3 Å². The molecule has 2 saturated carbocycles. The van der Waals surface area contributed by atoms with Crippen LogP contribution in [-0.2, 0) is 28.7 Å². The smallest absolute Gasteiger partial charge is 0.329 e. The Hall–Kier alpha value is -3.18. The molecule has 12 heteroatoms. The van der Waals surface area contributed by atoms with Gasteiger partial charge in [0.05, 0.1) is 6.04 Å². The van der Waals surface area contributed by atoms with Crippen LogP contribution in [0.3, 0.4) is 0 Å². The van der Waals surface area contributed by atoms with Crippen molar-refractivity contribution >= 4 is 35.5 Å². The standard InChI is InChI=1S/C33H55N5O7/c1-18(2)22-15-16-38(25(22)29(41)35-23(26(39)28(34)40)17-20-11-10-12-20)30(42)27(33(5,6)7)37-32(44)36-24(19(3)4)31(43)45-21-13-8-9-14-21/h18-25,27H,8-17H2,1-7H3,(H2,34,40)(H,35,41)(H2,36,37,44)/t22?,23?,24-,25-,27+/m0/s1. The Morgan fingerprint density at radius 2 is 1.49 bits per heavy atom. The minimum atomic E-state index is -1.10. The normalized spacial score (nSPS) is 22.8. The summed E-state index contributed by atoms with van der Waals surface area (Å²) in [4.78, 5) is 80.3. The van der Waals surface area contributed by atoms with Crippen molar-refractivity contribution in [2.24, 2.45) is 34.8 Å². The zero-order valence-corrected chi connectivity index (χ0v) is 28.1. The van der Waals surface area contributed by atoms with Crippen LogP contribution < -0.4 is 21.7 Å². The van der Waals surface area contributed by atoms with E-state index < -0.39 is 65.1 Å². The lowest BCUT2D eigenvalue weighted by molar-refractivity contribution is -0.152. The van der Waals surface area contributed by atoms with Gasteiger partial charge in [-0.1, -0.05) is 67.7 Å². The first-order chi connectivity index (χ1) is 21.0. The molecule has 0 aromatic heterocycles. The van der Waals surface area contributed by atoms with E-state index in [0.717, 1.165) is 44.9 Å². The maximum atomic E-state index is 14.2. The molecule has 3 rings (SSSR count). The minimum absolute atomic E-state index is 0.0394. The van der Waals surface area contributed by atoms with Crippen LogP contribution >= 0.6 is 0 Å². The summed E-state index contributed by atoms with van der Waals surface area (Å²) in [5.41, 5.74) is 4.57. The molecule has 5 N–H and O–H groups in total. The third kappa shape index (κ3) is 9.42. The highest BCUT2D eigenvalue weighted by Gasteiger charge is 2.48. The largest absolute Gasteiger partial charge is 0.461 e. The molecule has 2 aliphatic carbocycles. The maximum Gasteiger partial charge on any atom is 0.329 e. The van der Waals surface area contributed by atoms with Crippen LogP contribution in [0.4, 0.5) is 4.79 Å². The van der Waals surface area contributed by atoms with E-state index in [1.54, 1.807) is 0 Å².